The summed E-state index contributed by atoms with van der Waals surface area (Å²) in [6.45, 7) is 4.01. The van der Waals surface area contributed by atoms with E-state index in [4.69, 9.17) is 5.73 Å². The Morgan fingerprint density at radius 2 is 2.12 bits per heavy atom. The highest BCUT2D eigenvalue weighted by molar-refractivity contribution is 5.44. The molecule has 16 heavy (non-hydrogen) atoms. The van der Waals surface area contributed by atoms with Gasteiger partial charge < -0.3 is 16.0 Å². The Labute approximate surface area is 97.1 Å². The molecule has 0 aliphatic carbocycles. The molecule has 5 nitrogen and oxygen atoms in total. The third-order valence-corrected chi connectivity index (χ3v) is 2.31. The fraction of sp³-hybridized carbons (Fsp3) is 0.636. The third kappa shape index (κ3) is 4.44. The van der Waals surface area contributed by atoms with Gasteiger partial charge in [0.15, 0.2) is 0 Å². The number of aryl methyl sites for hydroxylation is 1. The zero-order valence-corrected chi connectivity index (χ0v) is 10.3. The maximum absolute atomic E-state index is 5.53. The quantitative estimate of drug-likeness (QED) is 0.707. The number of nitrogen functional groups attached to an aromatic ring is 1. The number of rotatable bonds is 6. The van der Waals surface area contributed by atoms with E-state index >= 15 is 0 Å². The Kier molecular flexibility index (Phi) is 4.98. The normalized spacial score (nSPS) is 10.8. The average Bonchev–Trinajstić information content (AvgIpc) is 2.22. The molecule has 0 aromatic carbocycles. The Bertz CT molecular complexity index is 324. The largest absolute Gasteiger partial charge is 0.370 e. The van der Waals surface area contributed by atoms with Crippen molar-refractivity contribution in [1.82, 2.24) is 14.9 Å². The average molecular weight is 223 g/mol. The second-order valence-electron chi connectivity index (χ2n) is 4.20. The van der Waals surface area contributed by atoms with Crippen LogP contribution in [0, 0.1) is 6.92 Å². The first-order chi connectivity index (χ1) is 7.59. The van der Waals surface area contributed by atoms with Crippen molar-refractivity contribution in [3.63, 3.8) is 0 Å². The van der Waals surface area contributed by atoms with E-state index in [1.165, 1.54) is 6.42 Å². The van der Waals surface area contributed by atoms with Gasteiger partial charge in [-0.25, -0.2) is 4.98 Å². The summed E-state index contributed by atoms with van der Waals surface area (Å²) in [5.41, 5.74) is 6.56. The number of hydrogen-bond acceptors (Lipinski definition) is 5. The molecule has 0 aliphatic heterocycles. The van der Waals surface area contributed by atoms with Crippen LogP contribution in [-0.2, 0) is 0 Å². The van der Waals surface area contributed by atoms with E-state index in [2.05, 4.69) is 34.3 Å². The van der Waals surface area contributed by atoms with Crippen LogP contribution >= 0.6 is 0 Å². The Hall–Kier alpha value is -1.36. The second-order valence-corrected chi connectivity index (χ2v) is 4.20. The Morgan fingerprint density at radius 1 is 1.38 bits per heavy atom. The first-order valence-corrected chi connectivity index (χ1v) is 5.57. The lowest BCUT2D eigenvalue weighted by molar-refractivity contribution is 0.396. The highest BCUT2D eigenvalue weighted by atomic mass is 15.1. The summed E-state index contributed by atoms with van der Waals surface area (Å²) < 4.78 is 0. The summed E-state index contributed by atoms with van der Waals surface area (Å²) >= 11 is 0. The van der Waals surface area contributed by atoms with Crippen LogP contribution in [-0.4, -0.2) is 42.1 Å². The topological polar surface area (TPSA) is 67.1 Å². The summed E-state index contributed by atoms with van der Waals surface area (Å²) in [5.74, 6) is 1.17. The van der Waals surface area contributed by atoms with Gasteiger partial charge in [-0.05, 0) is 40.4 Å². The molecule has 0 atom stereocenters. The monoisotopic (exact) mass is 223 g/mol. The standard InChI is InChI=1S/C11H21N5/c1-9-8-14-11(12)15-10(9)13-6-4-5-7-16(2)3/h8H,4-7H2,1-3H3,(H3,12,13,14,15). The van der Waals surface area contributed by atoms with E-state index in [9.17, 15) is 0 Å². The van der Waals surface area contributed by atoms with Crippen molar-refractivity contribution >= 4 is 11.8 Å². The molecule has 0 bridgehead atoms. The zero-order valence-electron chi connectivity index (χ0n) is 10.3. The van der Waals surface area contributed by atoms with Crippen LogP contribution in [0.15, 0.2) is 6.20 Å². The van der Waals surface area contributed by atoms with Gasteiger partial charge in [0.05, 0.1) is 0 Å². The highest BCUT2D eigenvalue weighted by Gasteiger charge is 2.00. The number of nitrogens with one attached hydrogen (secondary N) is 1. The lowest BCUT2D eigenvalue weighted by atomic mass is 10.3. The van der Waals surface area contributed by atoms with E-state index in [1.807, 2.05) is 6.92 Å². The van der Waals surface area contributed by atoms with Crippen LogP contribution in [0.25, 0.3) is 0 Å². The summed E-state index contributed by atoms with van der Waals surface area (Å²) in [4.78, 5) is 10.3. The van der Waals surface area contributed by atoms with Crippen molar-refractivity contribution < 1.29 is 0 Å². The van der Waals surface area contributed by atoms with Crippen molar-refractivity contribution in [2.45, 2.75) is 19.8 Å². The summed E-state index contributed by atoms with van der Waals surface area (Å²) in [6, 6.07) is 0. The lowest BCUT2D eigenvalue weighted by Gasteiger charge is -2.10. The lowest BCUT2D eigenvalue weighted by Crippen LogP contribution is -2.14. The molecule has 3 N–H and O–H groups in total. The Balaban J connectivity index is 2.29. The predicted octanol–water partition coefficient (Wildman–Crippen LogP) is 1.12. The van der Waals surface area contributed by atoms with Gasteiger partial charge >= 0.3 is 0 Å². The van der Waals surface area contributed by atoms with Crippen LogP contribution in [0.5, 0.6) is 0 Å². The van der Waals surface area contributed by atoms with E-state index in [0.29, 0.717) is 5.95 Å². The molecule has 1 aromatic heterocycles. The van der Waals surface area contributed by atoms with Crippen molar-refractivity contribution in [2.24, 2.45) is 0 Å². The minimum absolute atomic E-state index is 0.321. The molecule has 0 amide bonds. The van der Waals surface area contributed by atoms with Gasteiger partial charge in [-0.3, -0.25) is 0 Å². The van der Waals surface area contributed by atoms with Crippen molar-refractivity contribution in [3.8, 4) is 0 Å². The predicted molar refractivity (Wildman–Crippen MR) is 67.5 cm³/mol. The van der Waals surface area contributed by atoms with Crippen LogP contribution in [0.2, 0.25) is 0 Å². The third-order valence-electron chi connectivity index (χ3n) is 2.31. The van der Waals surface area contributed by atoms with Crippen molar-refractivity contribution in [3.05, 3.63) is 11.8 Å². The first-order valence-electron chi connectivity index (χ1n) is 5.57. The molecule has 1 rings (SSSR count). The fourth-order valence-electron chi connectivity index (χ4n) is 1.39. The van der Waals surface area contributed by atoms with Crippen molar-refractivity contribution in [1.29, 1.82) is 0 Å². The molecule has 0 fully saturated rings. The summed E-state index contributed by atoms with van der Waals surface area (Å²) in [7, 11) is 4.17. The number of nitrogens with zero attached hydrogens (tertiary/aromatic N) is 3. The molecule has 1 heterocycles. The smallest absolute Gasteiger partial charge is 0.221 e. The SMILES string of the molecule is Cc1cnc(N)nc1NCCCCN(C)C. The van der Waals surface area contributed by atoms with Gasteiger partial charge in [0.2, 0.25) is 5.95 Å². The van der Waals surface area contributed by atoms with E-state index in [0.717, 1.165) is 30.9 Å². The highest BCUT2D eigenvalue weighted by Crippen LogP contribution is 2.10. The first kappa shape index (κ1) is 12.7. The Morgan fingerprint density at radius 3 is 2.81 bits per heavy atom. The number of unbranched alkanes of at least 4 members (excludes halogenated alkanes) is 1. The van der Waals surface area contributed by atoms with Crippen LogP contribution in [0.1, 0.15) is 18.4 Å². The maximum atomic E-state index is 5.53. The second kappa shape index (κ2) is 6.27. The number of anilines is 2. The molecule has 5 heteroatoms. The molecule has 0 unspecified atom stereocenters. The van der Waals surface area contributed by atoms with Crippen LogP contribution < -0.4 is 11.1 Å². The molecule has 0 saturated carbocycles. The van der Waals surface area contributed by atoms with Crippen LogP contribution in [0.4, 0.5) is 11.8 Å². The number of aromatic nitrogens is 2. The molecule has 90 valence electrons. The number of nitrogens with two attached hydrogens (primary N) is 1. The van der Waals surface area contributed by atoms with E-state index in [1.54, 1.807) is 6.20 Å². The van der Waals surface area contributed by atoms with Gasteiger partial charge in [-0.1, -0.05) is 0 Å². The van der Waals surface area contributed by atoms with Gasteiger partial charge in [0.25, 0.3) is 0 Å². The van der Waals surface area contributed by atoms with Crippen molar-refractivity contribution in [2.75, 3.05) is 38.2 Å². The summed E-state index contributed by atoms with van der Waals surface area (Å²) in [5, 5.41) is 3.28. The van der Waals surface area contributed by atoms with Crippen LogP contribution in [0.3, 0.4) is 0 Å². The van der Waals surface area contributed by atoms with E-state index < -0.39 is 0 Å². The van der Waals surface area contributed by atoms with Gasteiger partial charge in [-0.15, -0.1) is 0 Å². The molecular weight excluding hydrogens is 202 g/mol. The summed E-state index contributed by atoms with van der Waals surface area (Å²) in [6.07, 6.45) is 4.05. The van der Waals surface area contributed by atoms with Gasteiger partial charge in [-0.2, -0.15) is 4.98 Å². The molecule has 1 aromatic rings. The molecule has 0 aliphatic rings. The molecular formula is C11H21N5. The minimum Gasteiger partial charge on any atom is -0.370 e. The molecule has 0 saturated heterocycles. The molecule has 0 spiro atoms. The van der Waals surface area contributed by atoms with Gasteiger partial charge in [0, 0.05) is 18.3 Å². The fourth-order valence-corrected chi connectivity index (χ4v) is 1.39. The van der Waals surface area contributed by atoms with E-state index in [-0.39, 0.29) is 0 Å². The number of hydrogen-bond donors (Lipinski definition) is 2. The zero-order chi connectivity index (χ0) is 12.0. The van der Waals surface area contributed by atoms with Gasteiger partial charge in [0.1, 0.15) is 5.82 Å². The maximum Gasteiger partial charge on any atom is 0.221 e. The minimum atomic E-state index is 0.321. The molecule has 0 radical (unpaired) electrons.